The molecule has 1 heterocycles. The highest BCUT2D eigenvalue weighted by molar-refractivity contribution is 5.88. The monoisotopic (exact) mass is 431 g/mol. The third-order valence-electron chi connectivity index (χ3n) is 5.40. The van der Waals surface area contributed by atoms with E-state index in [2.05, 4.69) is 41.4 Å². The van der Waals surface area contributed by atoms with Crippen molar-refractivity contribution in [3.63, 3.8) is 0 Å². The minimum Gasteiger partial charge on any atom is -0.485 e. The smallest absolute Gasteiger partial charge is 0.284 e. The lowest BCUT2D eigenvalue weighted by atomic mass is 10.1. The van der Waals surface area contributed by atoms with Crippen LogP contribution in [0.1, 0.15) is 32.3 Å². The van der Waals surface area contributed by atoms with Crippen molar-refractivity contribution in [3.8, 4) is 11.5 Å². The Balaban J connectivity index is 1.35. The van der Waals surface area contributed by atoms with Gasteiger partial charge < -0.3 is 14.4 Å². The average molecular weight is 432 g/mol. The van der Waals surface area contributed by atoms with Crippen LogP contribution in [0.2, 0.25) is 0 Å². The Kier molecular flexibility index (Phi) is 6.90. The molecule has 0 radical (unpaired) electrons. The Morgan fingerprint density at radius 3 is 2.34 bits per heavy atom. The number of anilines is 1. The topological polar surface area (TPSA) is 63.2 Å². The molecule has 166 valence electrons. The summed E-state index contributed by atoms with van der Waals surface area (Å²) in [5, 5.41) is 6.20. The van der Waals surface area contributed by atoms with Gasteiger partial charge in [0.2, 0.25) is 6.10 Å². The molecule has 0 spiro atoms. The Hall–Kier alpha value is -3.54. The SMILES string of the molecule is CCCN(CCC)c1ccc(C=NNC(=O)[C@@H]2COc3cc4ccccc4cc3O2)cc1. The second kappa shape index (κ2) is 10.2. The normalized spacial score (nSPS) is 15.1. The van der Waals surface area contributed by atoms with Crippen LogP contribution < -0.4 is 19.8 Å². The van der Waals surface area contributed by atoms with E-state index in [-0.39, 0.29) is 12.5 Å². The molecule has 0 aliphatic carbocycles. The minimum atomic E-state index is -0.750. The summed E-state index contributed by atoms with van der Waals surface area (Å²) in [6.07, 6.45) is 3.11. The summed E-state index contributed by atoms with van der Waals surface area (Å²) in [6.45, 7) is 6.61. The Labute approximate surface area is 188 Å². The van der Waals surface area contributed by atoms with Gasteiger partial charge in [0.25, 0.3) is 5.91 Å². The Bertz CT molecular complexity index is 1090. The number of carbonyl (C=O) groups is 1. The Morgan fingerprint density at radius 1 is 1.03 bits per heavy atom. The molecule has 3 aromatic carbocycles. The van der Waals surface area contributed by atoms with Crippen LogP contribution in [0, 0.1) is 0 Å². The second-order valence-electron chi connectivity index (χ2n) is 7.88. The minimum absolute atomic E-state index is 0.145. The van der Waals surface area contributed by atoms with E-state index in [9.17, 15) is 4.79 Å². The fourth-order valence-electron chi connectivity index (χ4n) is 3.81. The highest BCUT2D eigenvalue weighted by atomic mass is 16.6. The molecule has 1 amide bonds. The van der Waals surface area contributed by atoms with Gasteiger partial charge >= 0.3 is 0 Å². The zero-order valence-corrected chi connectivity index (χ0v) is 18.6. The number of nitrogens with one attached hydrogen (secondary N) is 1. The molecule has 1 aliphatic rings. The van der Waals surface area contributed by atoms with Gasteiger partial charge in [-0.25, -0.2) is 5.43 Å². The van der Waals surface area contributed by atoms with E-state index in [1.54, 1.807) is 6.21 Å². The van der Waals surface area contributed by atoms with Gasteiger partial charge in [0, 0.05) is 18.8 Å². The molecule has 0 bridgehead atoms. The molecule has 0 saturated carbocycles. The zero-order chi connectivity index (χ0) is 22.3. The summed E-state index contributed by atoms with van der Waals surface area (Å²) in [7, 11) is 0. The second-order valence-corrected chi connectivity index (χ2v) is 7.88. The van der Waals surface area contributed by atoms with Crippen LogP contribution in [0.25, 0.3) is 10.8 Å². The third-order valence-corrected chi connectivity index (χ3v) is 5.40. The van der Waals surface area contributed by atoms with Gasteiger partial charge in [-0.1, -0.05) is 50.2 Å². The van der Waals surface area contributed by atoms with Crippen LogP contribution >= 0.6 is 0 Å². The van der Waals surface area contributed by atoms with Crippen LogP contribution in [-0.4, -0.2) is 37.9 Å². The van der Waals surface area contributed by atoms with E-state index in [1.165, 1.54) is 5.69 Å². The number of nitrogens with zero attached hydrogens (tertiary/aromatic N) is 2. The number of fused-ring (bicyclic) bond motifs is 2. The predicted molar refractivity (Wildman–Crippen MR) is 129 cm³/mol. The number of hydrogen-bond donors (Lipinski definition) is 1. The Morgan fingerprint density at radius 2 is 1.69 bits per heavy atom. The lowest BCUT2D eigenvalue weighted by molar-refractivity contribution is -0.130. The summed E-state index contributed by atoms with van der Waals surface area (Å²) in [5.41, 5.74) is 4.68. The standard InChI is InChI=1S/C26H29N3O3/c1-3-13-29(14-4-2)22-11-9-19(10-12-22)17-27-28-26(30)25-18-31-23-15-20-7-5-6-8-21(20)16-24(23)32-25/h5-12,15-17,25H,3-4,13-14,18H2,1-2H3,(H,28,30)/t25-/m0/s1. The van der Waals surface area contributed by atoms with Crippen LogP contribution in [-0.2, 0) is 4.79 Å². The van der Waals surface area contributed by atoms with Crippen LogP contribution in [0.3, 0.4) is 0 Å². The van der Waals surface area contributed by atoms with E-state index < -0.39 is 6.10 Å². The fourth-order valence-corrected chi connectivity index (χ4v) is 3.81. The van der Waals surface area contributed by atoms with Gasteiger partial charge in [0.1, 0.15) is 6.61 Å². The number of amides is 1. The summed E-state index contributed by atoms with van der Waals surface area (Å²) in [5.74, 6) is 0.878. The van der Waals surface area contributed by atoms with Crippen molar-refractivity contribution in [1.29, 1.82) is 0 Å². The summed E-state index contributed by atoms with van der Waals surface area (Å²) >= 11 is 0. The number of carbonyl (C=O) groups excluding carboxylic acids is 1. The molecule has 1 aliphatic heterocycles. The first-order valence-corrected chi connectivity index (χ1v) is 11.2. The molecule has 32 heavy (non-hydrogen) atoms. The summed E-state index contributed by atoms with van der Waals surface area (Å²) < 4.78 is 11.6. The molecule has 0 fully saturated rings. The zero-order valence-electron chi connectivity index (χ0n) is 18.6. The molecule has 0 aromatic heterocycles. The van der Waals surface area contributed by atoms with Gasteiger partial charge in [-0.2, -0.15) is 5.10 Å². The summed E-state index contributed by atoms with van der Waals surface area (Å²) in [6, 6.07) is 20.0. The quantitative estimate of drug-likeness (QED) is 0.413. The van der Waals surface area contributed by atoms with Crippen LogP contribution in [0.15, 0.2) is 65.8 Å². The van der Waals surface area contributed by atoms with Gasteiger partial charge in [0.15, 0.2) is 11.5 Å². The largest absolute Gasteiger partial charge is 0.485 e. The molecular weight excluding hydrogens is 402 g/mol. The van der Waals surface area contributed by atoms with E-state index in [0.717, 1.165) is 42.3 Å². The van der Waals surface area contributed by atoms with Gasteiger partial charge in [0.05, 0.1) is 6.21 Å². The number of ether oxygens (including phenoxy) is 2. The van der Waals surface area contributed by atoms with Crippen LogP contribution in [0.5, 0.6) is 11.5 Å². The first-order valence-electron chi connectivity index (χ1n) is 11.2. The van der Waals surface area contributed by atoms with Crippen molar-refractivity contribution < 1.29 is 14.3 Å². The first-order chi connectivity index (χ1) is 15.7. The van der Waals surface area contributed by atoms with Crippen molar-refractivity contribution >= 4 is 28.6 Å². The van der Waals surface area contributed by atoms with Gasteiger partial charge in [-0.15, -0.1) is 0 Å². The highest BCUT2D eigenvalue weighted by Gasteiger charge is 2.27. The molecule has 6 heteroatoms. The lowest BCUT2D eigenvalue weighted by Gasteiger charge is -2.25. The maximum absolute atomic E-state index is 12.5. The number of benzene rings is 3. The van der Waals surface area contributed by atoms with Gasteiger partial charge in [-0.3, -0.25) is 4.79 Å². The molecule has 6 nitrogen and oxygen atoms in total. The van der Waals surface area contributed by atoms with Crippen molar-refractivity contribution in [2.24, 2.45) is 5.10 Å². The highest BCUT2D eigenvalue weighted by Crippen LogP contribution is 2.35. The van der Waals surface area contributed by atoms with E-state index in [0.29, 0.717) is 11.5 Å². The first kappa shape index (κ1) is 21.7. The fraction of sp³-hybridized carbons (Fsp3) is 0.308. The maximum atomic E-state index is 12.5. The molecular formula is C26H29N3O3. The molecule has 1 N–H and O–H groups in total. The number of hydrazone groups is 1. The van der Waals surface area contributed by atoms with E-state index in [4.69, 9.17) is 9.47 Å². The molecule has 1 atom stereocenters. The van der Waals surface area contributed by atoms with Crippen molar-refractivity contribution in [2.45, 2.75) is 32.8 Å². The van der Waals surface area contributed by atoms with Crippen molar-refractivity contribution in [1.82, 2.24) is 5.43 Å². The number of rotatable bonds is 8. The van der Waals surface area contributed by atoms with Crippen molar-refractivity contribution in [3.05, 3.63) is 66.2 Å². The molecule has 3 aromatic rings. The van der Waals surface area contributed by atoms with Gasteiger partial charge in [-0.05, 0) is 53.4 Å². The summed E-state index contributed by atoms with van der Waals surface area (Å²) in [4.78, 5) is 14.9. The third kappa shape index (κ3) is 5.02. The average Bonchev–Trinajstić information content (AvgIpc) is 2.82. The van der Waals surface area contributed by atoms with Crippen LogP contribution in [0.4, 0.5) is 5.69 Å². The van der Waals surface area contributed by atoms with Crippen molar-refractivity contribution in [2.75, 3.05) is 24.6 Å². The molecule has 0 unspecified atom stereocenters. The maximum Gasteiger partial charge on any atom is 0.284 e. The molecule has 4 rings (SSSR count). The lowest BCUT2D eigenvalue weighted by Crippen LogP contribution is -2.42. The number of hydrogen-bond acceptors (Lipinski definition) is 5. The predicted octanol–water partition coefficient (Wildman–Crippen LogP) is 4.76. The van der Waals surface area contributed by atoms with E-state index in [1.807, 2.05) is 48.5 Å². The molecule has 0 saturated heterocycles. The van der Waals surface area contributed by atoms with E-state index >= 15 is 0 Å².